The standard InChI is InChI=1S/Mo.H3N.Na.4O/h;1H3;;;;;/q;;+1;;;2*-1/p+1. The molecule has 0 unspecified atom stereocenters. The molecule has 0 aromatic heterocycles. The maximum atomic E-state index is 8.63. The van der Waals surface area contributed by atoms with Gasteiger partial charge in [-0.15, -0.1) is 0 Å². The molecule has 0 aliphatic rings. The number of quaternary nitrogens is 1. The van der Waals surface area contributed by atoms with E-state index < -0.39 is 16.7 Å². The van der Waals surface area contributed by atoms with Crippen LogP contribution in [-0.2, 0) is 23.5 Å². The molecule has 0 atom stereocenters. The first kappa shape index (κ1) is 15.7. The van der Waals surface area contributed by atoms with E-state index in [9.17, 15) is 0 Å². The van der Waals surface area contributed by atoms with Gasteiger partial charge in [-0.05, 0) is 0 Å². The molecule has 7 heteroatoms. The molecule has 40 valence electrons. The fourth-order valence-electron chi connectivity index (χ4n) is 0. The molecule has 0 aromatic carbocycles. The van der Waals surface area contributed by atoms with E-state index in [1.807, 2.05) is 0 Å². The molecule has 7 heavy (non-hydrogen) atoms. The quantitative estimate of drug-likeness (QED) is 0.394. The molecule has 0 spiro atoms. The predicted molar refractivity (Wildman–Crippen MR) is 7.36 cm³/mol. The second-order valence-corrected chi connectivity index (χ2v) is 2.42. The molecule has 0 saturated heterocycles. The van der Waals surface area contributed by atoms with E-state index in [1.54, 1.807) is 0 Å². The molecule has 0 aliphatic carbocycles. The third-order valence-corrected chi connectivity index (χ3v) is 0. The van der Waals surface area contributed by atoms with Gasteiger partial charge in [-0.3, -0.25) is 0 Å². The molecule has 0 aromatic rings. The zero-order chi connectivity index (χ0) is 4.50. The van der Waals surface area contributed by atoms with Crippen molar-refractivity contribution in [3.8, 4) is 0 Å². The van der Waals surface area contributed by atoms with Crippen LogP contribution in [0, 0.1) is 0 Å². The van der Waals surface area contributed by atoms with E-state index in [1.165, 1.54) is 0 Å². The predicted octanol–water partition coefficient (Wildman–Crippen LogP) is -5.24. The van der Waals surface area contributed by atoms with Crippen LogP contribution in [0.2, 0.25) is 0 Å². The Kier molecular flexibility index (Phi) is 11.9. The SMILES string of the molecule is [NH4+].[Na+].[O]=[Mo](=[O])([O-])[O-]. The van der Waals surface area contributed by atoms with Crippen LogP contribution in [0.1, 0.15) is 0 Å². The zero-order valence-electron chi connectivity index (χ0n) is 4.04. The second-order valence-electron chi connectivity index (χ2n) is 0.408. The molecule has 0 heterocycles. The van der Waals surface area contributed by atoms with Crippen LogP contribution < -0.4 is 43.2 Å². The molecule has 0 rings (SSSR count). The van der Waals surface area contributed by atoms with Gasteiger partial charge in [-0.2, -0.15) is 0 Å². The van der Waals surface area contributed by atoms with Crippen molar-refractivity contribution in [3.63, 3.8) is 0 Å². The third kappa shape index (κ3) is 140. The summed E-state index contributed by atoms with van der Waals surface area (Å²) in [5.41, 5.74) is 0. The molecular formula is H4MoNNaO4. The summed E-state index contributed by atoms with van der Waals surface area (Å²) in [6.07, 6.45) is 0. The van der Waals surface area contributed by atoms with Gasteiger partial charge in [-0.25, -0.2) is 0 Å². The molecule has 0 aliphatic heterocycles. The number of hydrogen-bond donors (Lipinski definition) is 1. The maximum absolute atomic E-state index is 8.63. The van der Waals surface area contributed by atoms with Gasteiger partial charge in [0.2, 0.25) is 0 Å². The first-order valence-electron chi connectivity index (χ1n) is 0.667. The van der Waals surface area contributed by atoms with Crippen molar-refractivity contribution in [2.45, 2.75) is 0 Å². The Morgan fingerprint density at radius 2 is 1.14 bits per heavy atom. The van der Waals surface area contributed by atoms with Crippen LogP contribution in [0.3, 0.4) is 0 Å². The van der Waals surface area contributed by atoms with E-state index >= 15 is 0 Å². The molecule has 0 saturated carbocycles. The first-order chi connectivity index (χ1) is 2.00. The Hall–Kier alpha value is 1.17. The minimum absolute atomic E-state index is 0. The molecule has 0 fully saturated rings. The van der Waals surface area contributed by atoms with Crippen LogP contribution in [-0.4, -0.2) is 0 Å². The van der Waals surface area contributed by atoms with E-state index in [0.29, 0.717) is 0 Å². The zero-order valence-corrected chi connectivity index (χ0v) is 8.05. The number of rotatable bonds is 0. The van der Waals surface area contributed by atoms with Crippen molar-refractivity contribution in [1.82, 2.24) is 6.15 Å². The molecular weight excluding hydrogens is 197 g/mol. The van der Waals surface area contributed by atoms with Crippen LogP contribution in [0.5, 0.6) is 0 Å². The van der Waals surface area contributed by atoms with Crippen LogP contribution >= 0.6 is 0 Å². The van der Waals surface area contributed by atoms with E-state index in [-0.39, 0.29) is 35.7 Å². The summed E-state index contributed by atoms with van der Waals surface area (Å²) in [6, 6.07) is 0. The van der Waals surface area contributed by atoms with E-state index in [0.717, 1.165) is 0 Å². The molecule has 5 nitrogen and oxygen atoms in total. The summed E-state index contributed by atoms with van der Waals surface area (Å²) in [5.74, 6) is 0. The summed E-state index contributed by atoms with van der Waals surface area (Å²) >= 11 is -6.02. The Morgan fingerprint density at radius 1 is 1.14 bits per heavy atom. The van der Waals surface area contributed by atoms with Crippen molar-refractivity contribution in [1.29, 1.82) is 0 Å². The molecule has 0 amide bonds. The third-order valence-electron chi connectivity index (χ3n) is 0. The first-order valence-corrected chi connectivity index (χ1v) is 3.94. The molecule has 4 N–H and O–H groups in total. The second kappa shape index (κ2) is 5.31. The van der Waals surface area contributed by atoms with Crippen molar-refractivity contribution in [3.05, 3.63) is 0 Å². The van der Waals surface area contributed by atoms with Gasteiger partial charge in [-0.1, -0.05) is 0 Å². The minimum atomic E-state index is -6.02. The van der Waals surface area contributed by atoms with Crippen molar-refractivity contribution in [2.75, 3.05) is 0 Å². The molecule has 0 radical (unpaired) electrons. The van der Waals surface area contributed by atoms with Gasteiger partial charge in [0, 0.05) is 0 Å². The van der Waals surface area contributed by atoms with Gasteiger partial charge in [0.05, 0.1) is 0 Å². The van der Waals surface area contributed by atoms with Crippen LogP contribution in [0.15, 0.2) is 0 Å². The number of hydrogen-bond acceptors (Lipinski definition) is 4. The van der Waals surface area contributed by atoms with Gasteiger partial charge >= 0.3 is 60.6 Å². The average Bonchev–Trinajstić information content (AvgIpc) is 0.722. The van der Waals surface area contributed by atoms with Gasteiger partial charge in [0.1, 0.15) is 0 Å². The van der Waals surface area contributed by atoms with Crippen molar-refractivity contribution < 1.29 is 60.6 Å². The fraction of sp³-hybridized carbons (Fsp3) is 0. The fourth-order valence-corrected chi connectivity index (χ4v) is 0. The van der Waals surface area contributed by atoms with E-state index in [2.05, 4.69) is 0 Å². The Labute approximate surface area is 66.3 Å². The Bertz CT molecular complexity index is 94.9. The van der Waals surface area contributed by atoms with Gasteiger partial charge < -0.3 is 6.15 Å². The summed E-state index contributed by atoms with van der Waals surface area (Å²) in [7, 11) is 0. The Morgan fingerprint density at radius 3 is 1.14 bits per heavy atom. The van der Waals surface area contributed by atoms with Crippen LogP contribution in [0.4, 0.5) is 0 Å². The van der Waals surface area contributed by atoms with E-state index in [4.69, 9.17) is 14.3 Å². The monoisotopic (exact) mass is 203 g/mol. The van der Waals surface area contributed by atoms with Crippen molar-refractivity contribution in [2.24, 2.45) is 0 Å². The summed E-state index contributed by atoms with van der Waals surface area (Å²) < 4.78 is 34.5. The average molecular weight is 201 g/mol. The summed E-state index contributed by atoms with van der Waals surface area (Å²) in [5, 5.41) is 0. The normalized spacial score (nSPS) is 8.29. The van der Waals surface area contributed by atoms with Crippen LogP contribution in [0.25, 0.3) is 0 Å². The summed E-state index contributed by atoms with van der Waals surface area (Å²) in [6.45, 7) is 0. The van der Waals surface area contributed by atoms with Gasteiger partial charge in [0.25, 0.3) is 0 Å². The Balaban J connectivity index is -0.0000000800. The van der Waals surface area contributed by atoms with Crippen molar-refractivity contribution >= 4 is 0 Å². The molecule has 0 bridgehead atoms. The summed E-state index contributed by atoms with van der Waals surface area (Å²) in [4.78, 5) is 0. The van der Waals surface area contributed by atoms with Gasteiger partial charge in [0.15, 0.2) is 0 Å². The topological polar surface area (TPSA) is 117 Å².